The van der Waals surface area contributed by atoms with Crippen LogP contribution in [0.15, 0.2) is 24.3 Å². The highest BCUT2D eigenvalue weighted by Crippen LogP contribution is 2.22. The lowest BCUT2D eigenvalue weighted by Gasteiger charge is -2.19. The maximum Gasteiger partial charge on any atom is 0.335 e. The minimum Gasteiger partial charge on any atom is -0.494 e. The van der Waals surface area contributed by atoms with Crippen molar-refractivity contribution < 1.29 is 72.3 Å². The third-order valence-corrected chi connectivity index (χ3v) is 12.2. The number of nitrogens with one attached hydrogen (secondary N) is 4. The minimum absolute atomic E-state index is 0.00902. The number of carboxylic acids is 2. The second kappa shape index (κ2) is 43.1. The van der Waals surface area contributed by atoms with Crippen LogP contribution in [0.2, 0.25) is 0 Å². The fourth-order valence-electron chi connectivity index (χ4n) is 7.52. The van der Waals surface area contributed by atoms with Crippen molar-refractivity contribution in [1.29, 1.82) is 0 Å². The van der Waals surface area contributed by atoms with Crippen LogP contribution in [0.1, 0.15) is 173 Å². The summed E-state index contributed by atoms with van der Waals surface area (Å²) in [5, 5.41) is 29.3. The van der Waals surface area contributed by atoms with Gasteiger partial charge in [-0.05, 0) is 68.7 Å². The van der Waals surface area contributed by atoms with E-state index < -0.39 is 24.0 Å². The van der Waals surface area contributed by atoms with E-state index in [9.17, 15) is 43.5 Å². The number of carbonyl (C=O) groups is 8. The van der Waals surface area contributed by atoms with Gasteiger partial charge in [0.15, 0.2) is 5.78 Å². The smallest absolute Gasteiger partial charge is 0.335 e. The number of aromatic carboxylic acids is 1. The number of carbonyl (C=O) groups excluding carboxylic acids is 6. The van der Waals surface area contributed by atoms with Gasteiger partial charge in [0.2, 0.25) is 23.6 Å². The van der Waals surface area contributed by atoms with Crippen LogP contribution in [0.4, 0.5) is 0 Å². The summed E-state index contributed by atoms with van der Waals surface area (Å²) in [6.07, 6.45) is 15.4. The molecule has 0 aliphatic carbocycles. The molecule has 0 unspecified atom stereocenters. The number of hydrogen-bond acceptors (Lipinski definition) is 14. The molecule has 4 amide bonds. The van der Waals surface area contributed by atoms with Gasteiger partial charge in [-0.3, -0.25) is 28.8 Å². The number of nitrogens with two attached hydrogens (primary N) is 1. The molecule has 8 N–H and O–H groups in total. The Morgan fingerprint density at radius 2 is 1.09 bits per heavy atom. The van der Waals surface area contributed by atoms with E-state index in [0.29, 0.717) is 56.9 Å². The molecule has 1 aromatic rings. The van der Waals surface area contributed by atoms with Crippen LogP contribution >= 0.6 is 0 Å². The Bertz CT molecular complexity index is 1780. The van der Waals surface area contributed by atoms with E-state index in [-0.39, 0.29) is 131 Å². The highest BCUT2D eigenvalue weighted by molar-refractivity contribution is 5.88. The Hall–Kier alpha value is -5.02. The Labute approximate surface area is 445 Å². The van der Waals surface area contributed by atoms with Crippen molar-refractivity contribution >= 4 is 47.1 Å². The number of ketones is 2. The largest absolute Gasteiger partial charge is 0.494 e. The van der Waals surface area contributed by atoms with E-state index in [1.54, 1.807) is 12.1 Å². The zero-order valence-electron chi connectivity index (χ0n) is 45.7. The van der Waals surface area contributed by atoms with Crippen LogP contribution in [-0.2, 0) is 52.5 Å². The topological polar surface area (TPSA) is 297 Å². The van der Waals surface area contributed by atoms with Crippen molar-refractivity contribution in [2.24, 2.45) is 17.1 Å². The van der Waals surface area contributed by atoms with Crippen LogP contribution < -0.4 is 31.7 Å². The highest BCUT2D eigenvalue weighted by Gasteiger charge is 2.23. The lowest BCUT2D eigenvalue weighted by molar-refractivity contribution is -0.142. The molecule has 3 atom stereocenters. The number of benzene rings is 1. The molecular formula is C55H93N5O15. The van der Waals surface area contributed by atoms with Crippen LogP contribution in [0.25, 0.3) is 0 Å². The predicted molar refractivity (Wildman–Crippen MR) is 284 cm³/mol. The Morgan fingerprint density at radius 1 is 0.547 bits per heavy atom. The van der Waals surface area contributed by atoms with Gasteiger partial charge in [-0.25, -0.2) is 9.59 Å². The van der Waals surface area contributed by atoms with Gasteiger partial charge >= 0.3 is 11.9 Å². The van der Waals surface area contributed by atoms with Crippen LogP contribution in [0.5, 0.6) is 5.75 Å². The number of hydrogen-bond donors (Lipinski definition) is 7. The summed E-state index contributed by atoms with van der Waals surface area (Å²) in [4.78, 5) is 96.0. The van der Waals surface area contributed by atoms with Gasteiger partial charge in [0.25, 0.3) is 0 Å². The zero-order chi connectivity index (χ0) is 55.5. The van der Waals surface area contributed by atoms with Gasteiger partial charge in [0.05, 0.1) is 57.9 Å². The maximum atomic E-state index is 12.4. The van der Waals surface area contributed by atoms with Gasteiger partial charge < -0.3 is 60.9 Å². The average molecular weight is 1060 g/mol. The molecule has 428 valence electrons. The van der Waals surface area contributed by atoms with Gasteiger partial charge in [0.1, 0.15) is 30.8 Å². The summed E-state index contributed by atoms with van der Waals surface area (Å²) in [5.74, 6) is -2.13. The summed E-state index contributed by atoms with van der Waals surface area (Å²) in [5.41, 5.74) is 5.96. The molecular weight excluding hydrogens is 971 g/mol. The summed E-state index contributed by atoms with van der Waals surface area (Å²) in [7, 11) is 0. The molecule has 1 rings (SSSR count). The van der Waals surface area contributed by atoms with Crippen molar-refractivity contribution in [3.63, 3.8) is 0 Å². The van der Waals surface area contributed by atoms with Crippen molar-refractivity contribution in [1.82, 2.24) is 21.3 Å². The standard InChI is InChI=1S/C55H93N5O15/c1-42(39-48(62)55(2,3)4)19-16-17-29-59-52(66)46(56)21-14-12-13-20-44(61)40-73-37-35-72-34-31-58-51(65)41-74-38-36-71-33-30-57-49(63)28-27-47(54(69)70)60-50(64)22-15-10-8-6-5-7-9-11-18-32-75-45-25-23-43(24-26-45)53(67)68/h23-26,42,46-47H,5-22,27-41,56H2,1-4H3,(H,57,63)(H,58,65)(H,59,66)(H,60,64)(H,67,68)(H,69,70)/t42-,46+,47+/m1/s1. The second-order valence-corrected chi connectivity index (χ2v) is 20.2. The lowest BCUT2D eigenvalue weighted by Crippen LogP contribution is -2.41. The van der Waals surface area contributed by atoms with Crippen LogP contribution in [0.3, 0.4) is 0 Å². The molecule has 0 saturated heterocycles. The van der Waals surface area contributed by atoms with Gasteiger partial charge in [-0.2, -0.15) is 0 Å². The van der Waals surface area contributed by atoms with E-state index in [2.05, 4.69) is 28.2 Å². The molecule has 0 aliphatic rings. The number of aliphatic carboxylic acids is 1. The molecule has 20 nitrogen and oxygen atoms in total. The van der Waals surface area contributed by atoms with Crippen LogP contribution in [-0.4, -0.2) is 149 Å². The Kier molecular flexibility index (Phi) is 39.1. The third-order valence-electron chi connectivity index (χ3n) is 12.2. The minimum atomic E-state index is -1.20. The zero-order valence-corrected chi connectivity index (χ0v) is 45.7. The Balaban J connectivity index is 1.91. The second-order valence-electron chi connectivity index (χ2n) is 20.2. The summed E-state index contributed by atoms with van der Waals surface area (Å²) in [6, 6.07) is 4.62. The van der Waals surface area contributed by atoms with E-state index in [4.69, 9.17) is 34.5 Å². The number of rotatable bonds is 49. The lowest BCUT2D eigenvalue weighted by atomic mass is 9.84. The quantitative estimate of drug-likeness (QED) is 0.0363. The predicted octanol–water partition coefficient (Wildman–Crippen LogP) is 6.09. The molecule has 1 aromatic carbocycles. The SMILES string of the molecule is C[C@H](CCCCNC(=O)[C@@H](N)CCCCCC(=O)COCCOCCNC(=O)COCCOCCNC(=O)CC[C@H](NC(=O)CCCCCCCCCCCOc1ccc(C(=O)O)cc1)C(=O)O)CC(=O)C(C)(C)C. The van der Waals surface area contributed by atoms with Gasteiger partial charge in [-0.15, -0.1) is 0 Å². The highest BCUT2D eigenvalue weighted by atomic mass is 16.5. The number of amides is 4. The summed E-state index contributed by atoms with van der Waals surface area (Å²) < 4.78 is 27.2. The summed E-state index contributed by atoms with van der Waals surface area (Å²) >= 11 is 0. The molecule has 0 radical (unpaired) electrons. The first-order valence-electron chi connectivity index (χ1n) is 27.3. The number of carboxylic acid groups (broad SMARTS) is 2. The van der Waals surface area contributed by atoms with E-state index in [1.165, 1.54) is 12.1 Å². The van der Waals surface area contributed by atoms with Crippen molar-refractivity contribution in [2.45, 2.75) is 175 Å². The van der Waals surface area contributed by atoms with Crippen molar-refractivity contribution in [3.8, 4) is 5.75 Å². The molecule has 75 heavy (non-hydrogen) atoms. The molecule has 0 heterocycles. The van der Waals surface area contributed by atoms with Crippen molar-refractivity contribution in [2.75, 3.05) is 79.1 Å². The molecule has 0 aliphatic heterocycles. The number of Topliss-reactive ketones (excluding diaryl/α,β-unsaturated/α-hetero) is 2. The van der Waals surface area contributed by atoms with E-state index in [1.807, 2.05) is 20.8 Å². The third kappa shape index (κ3) is 39.1. The summed E-state index contributed by atoms with van der Waals surface area (Å²) in [6.45, 7) is 10.6. The molecule has 0 saturated carbocycles. The molecule has 0 fully saturated rings. The number of unbranched alkanes of at least 4 members (excludes halogenated alkanes) is 11. The first-order chi connectivity index (χ1) is 35.9. The number of ether oxygens (including phenoxy) is 5. The maximum absolute atomic E-state index is 12.4. The Morgan fingerprint density at radius 3 is 1.71 bits per heavy atom. The fourth-order valence-corrected chi connectivity index (χ4v) is 7.52. The van der Waals surface area contributed by atoms with Crippen LogP contribution in [0, 0.1) is 11.3 Å². The molecule has 0 aromatic heterocycles. The fraction of sp³-hybridized carbons (Fsp3) is 0.745. The molecule has 20 heteroatoms. The van der Waals surface area contributed by atoms with Crippen molar-refractivity contribution in [3.05, 3.63) is 29.8 Å². The average Bonchev–Trinajstić information content (AvgIpc) is 3.36. The molecule has 0 bridgehead atoms. The monoisotopic (exact) mass is 1060 g/mol. The van der Waals surface area contributed by atoms with E-state index >= 15 is 0 Å². The van der Waals surface area contributed by atoms with E-state index in [0.717, 1.165) is 83.5 Å². The molecule has 0 spiro atoms. The normalized spacial score (nSPS) is 12.5. The first-order valence-corrected chi connectivity index (χ1v) is 27.3. The van der Waals surface area contributed by atoms with Gasteiger partial charge in [0, 0.05) is 50.7 Å². The first kappa shape index (κ1) is 68.0. The van der Waals surface area contributed by atoms with Gasteiger partial charge in [-0.1, -0.05) is 98.3 Å².